The van der Waals surface area contributed by atoms with Crippen LogP contribution in [0, 0.1) is 0 Å². The molecule has 0 saturated carbocycles. The molecule has 98 valence electrons. The fraction of sp³-hybridized carbons (Fsp3) is 0.545. The minimum absolute atomic E-state index is 0.597. The smallest absolute Gasteiger partial charge is 0.0932 e. The van der Waals surface area contributed by atoms with Crippen molar-refractivity contribution in [2.45, 2.75) is 38.7 Å². The quantitative estimate of drug-likeness (QED) is 0.791. The molecule has 0 unspecified atom stereocenters. The highest BCUT2D eigenvalue weighted by molar-refractivity contribution is 9.08. The third-order valence-electron chi connectivity index (χ3n) is 2.73. The number of halogens is 2. The Bertz CT molecular complexity index is 534. The maximum atomic E-state index is 6.34. The summed E-state index contributed by atoms with van der Waals surface area (Å²) in [5, 5.41) is 14.0. The van der Waals surface area contributed by atoms with Crippen molar-refractivity contribution in [2.24, 2.45) is 0 Å². The average molecular weight is 333 g/mol. The van der Waals surface area contributed by atoms with Crippen LogP contribution in [-0.2, 0) is 24.8 Å². The summed E-state index contributed by atoms with van der Waals surface area (Å²) in [5.41, 5.74) is 2.83. The second-order valence-corrected chi connectivity index (χ2v) is 4.86. The number of alkyl halides is 1. The number of nitrogens with zero attached hydrogens (tertiary/aromatic N) is 5. The molecule has 0 amide bonds. The molecule has 2 aromatic rings. The van der Waals surface area contributed by atoms with Gasteiger partial charge >= 0.3 is 0 Å². The highest BCUT2D eigenvalue weighted by Gasteiger charge is 2.15. The molecule has 0 bridgehead atoms. The minimum Gasteiger partial charge on any atom is -0.266 e. The van der Waals surface area contributed by atoms with Crippen molar-refractivity contribution >= 4 is 27.5 Å². The van der Waals surface area contributed by atoms with E-state index in [0.717, 1.165) is 35.1 Å². The number of rotatable bonds is 5. The summed E-state index contributed by atoms with van der Waals surface area (Å²) in [5.74, 6) is 0. The second-order valence-electron chi connectivity index (χ2n) is 3.92. The Morgan fingerprint density at radius 2 is 2.17 bits per heavy atom. The van der Waals surface area contributed by atoms with Gasteiger partial charge < -0.3 is 0 Å². The molecule has 0 radical (unpaired) electrons. The molecule has 0 aliphatic rings. The largest absolute Gasteiger partial charge is 0.266 e. The lowest BCUT2D eigenvalue weighted by Gasteiger charge is -2.04. The summed E-state index contributed by atoms with van der Waals surface area (Å²) in [6, 6.07) is 0. The monoisotopic (exact) mass is 331 g/mol. The van der Waals surface area contributed by atoms with Crippen LogP contribution < -0.4 is 0 Å². The van der Waals surface area contributed by atoms with Crippen molar-refractivity contribution in [2.75, 3.05) is 0 Å². The topological polar surface area (TPSA) is 48.5 Å². The SMILES string of the molecule is CCc1nn(CC)c(Cn2cc(CBr)nn2)c1Cl. The van der Waals surface area contributed by atoms with Crippen LogP contribution in [0.3, 0.4) is 0 Å². The maximum absolute atomic E-state index is 6.34. The summed E-state index contributed by atoms with van der Waals surface area (Å²) >= 11 is 9.70. The van der Waals surface area contributed by atoms with Gasteiger partial charge in [0.1, 0.15) is 0 Å². The van der Waals surface area contributed by atoms with E-state index in [2.05, 4.69) is 45.2 Å². The molecule has 0 saturated heterocycles. The number of hydrogen-bond donors (Lipinski definition) is 0. The van der Waals surface area contributed by atoms with Crippen molar-refractivity contribution in [3.05, 3.63) is 28.3 Å². The van der Waals surface area contributed by atoms with E-state index in [-0.39, 0.29) is 0 Å². The number of hydrogen-bond acceptors (Lipinski definition) is 3. The van der Waals surface area contributed by atoms with Crippen LogP contribution in [0.25, 0.3) is 0 Å². The van der Waals surface area contributed by atoms with Crippen LogP contribution in [0.1, 0.15) is 30.9 Å². The summed E-state index contributed by atoms with van der Waals surface area (Å²) in [4.78, 5) is 0. The van der Waals surface area contributed by atoms with Crippen molar-refractivity contribution in [3.8, 4) is 0 Å². The Labute approximate surface area is 119 Å². The van der Waals surface area contributed by atoms with E-state index in [4.69, 9.17) is 11.6 Å². The normalized spacial score (nSPS) is 11.1. The molecule has 5 nitrogen and oxygen atoms in total. The fourth-order valence-corrected chi connectivity index (χ4v) is 2.38. The van der Waals surface area contributed by atoms with Crippen LogP contribution in [0.2, 0.25) is 5.02 Å². The average Bonchev–Trinajstić information content (AvgIpc) is 2.96. The summed E-state index contributed by atoms with van der Waals surface area (Å²) in [6.45, 7) is 5.50. The van der Waals surface area contributed by atoms with Crippen molar-refractivity contribution in [1.82, 2.24) is 24.8 Å². The van der Waals surface area contributed by atoms with Gasteiger partial charge in [0.05, 0.1) is 28.6 Å². The van der Waals surface area contributed by atoms with Crippen LogP contribution in [0.15, 0.2) is 6.20 Å². The van der Waals surface area contributed by atoms with E-state index in [1.165, 1.54) is 0 Å². The zero-order chi connectivity index (χ0) is 13.1. The first kappa shape index (κ1) is 13.5. The maximum Gasteiger partial charge on any atom is 0.0932 e. The molecule has 7 heteroatoms. The molecular weight excluding hydrogens is 318 g/mol. The van der Waals surface area contributed by atoms with Gasteiger partial charge in [-0.25, -0.2) is 4.68 Å². The zero-order valence-corrected chi connectivity index (χ0v) is 12.7. The number of aryl methyl sites for hydroxylation is 2. The fourth-order valence-electron chi connectivity index (χ4n) is 1.80. The first-order chi connectivity index (χ1) is 8.69. The third kappa shape index (κ3) is 2.59. The molecular formula is C11H15BrClN5. The Morgan fingerprint density at radius 1 is 1.39 bits per heavy atom. The molecule has 0 aromatic carbocycles. The van der Waals surface area contributed by atoms with Gasteiger partial charge in [-0.05, 0) is 13.3 Å². The lowest BCUT2D eigenvalue weighted by atomic mass is 10.3. The molecule has 2 heterocycles. The molecule has 0 N–H and O–H groups in total. The molecule has 0 aliphatic carbocycles. The molecule has 0 atom stereocenters. The van der Waals surface area contributed by atoms with E-state index < -0.39 is 0 Å². The van der Waals surface area contributed by atoms with E-state index in [0.29, 0.717) is 11.9 Å². The van der Waals surface area contributed by atoms with E-state index in [1.807, 2.05) is 10.9 Å². The Kier molecular flexibility index (Phi) is 4.40. The van der Waals surface area contributed by atoms with Gasteiger partial charge in [-0.2, -0.15) is 5.10 Å². The van der Waals surface area contributed by atoms with Gasteiger partial charge in [0.15, 0.2) is 0 Å². The van der Waals surface area contributed by atoms with Gasteiger partial charge in [0.2, 0.25) is 0 Å². The van der Waals surface area contributed by atoms with Gasteiger partial charge in [-0.1, -0.05) is 39.7 Å². The zero-order valence-electron chi connectivity index (χ0n) is 10.4. The predicted molar refractivity (Wildman–Crippen MR) is 74.0 cm³/mol. The van der Waals surface area contributed by atoms with Gasteiger partial charge in [0.25, 0.3) is 0 Å². The lowest BCUT2D eigenvalue weighted by molar-refractivity contribution is 0.564. The Balaban J connectivity index is 2.29. The molecule has 0 fully saturated rings. The molecule has 0 spiro atoms. The predicted octanol–water partition coefficient (Wildman–Crippen LogP) is 2.65. The van der Waals surface area contributed by atoms with E-state index in [9.17, 15) is 0 Å². The van der Waals surface area contributed by atoms with Crippen molar-refractivity contribution in [1.29, 1.82) is 0 Å². The van der Waals surface area contributed by atoms with E-state index in [1.54, 1.807) is 4.68 Å². The van der Waals surface area contributed by atoms with Crippen LogP contribution in [0.4, 0.5) is 0 Å². The molecule has 18 heavy (non-hydrogen) atoms. The minimum atomic E-state index is 0.597. The van der Waals surface area contributed by atoms with Crippen molar-refractivity contribution < 1.29 is 0 Å². The molecule has 0 aliphatic heterocycles. The summed E-state index contributed by atoms with van der Waals surface area (Å²) in [7, 11) is 0. The standard InChI is InChI=1S/C11H15BrClN5/c1-3-9-11(13)10(18(4-2)15-9)7-17-6-8(5-12)14-16-17/h6H,3-5,7H2,1-2H3. The van der Waals surface area contributed by atoms with Crippen LogP contribution >= 0.6 is 27.5 Å². The van der Waals surface area contributed by atoms with Crippen molar-refractivity contribution in [3.63, 3.8) is 0 Å². The van der Waals surface area contributed by atoms with Crippen LogP contribution in [0.5, 0.6) is 0 Å². The third-order valence-corrected chi connectivity index (χ3v) is 3.74. The van der Waals surface area contributed by atoms with Gasteiger partial charge in [-0.15, -0.1) is 5.10 Å². The summed E-state index contributed by atoms with van der Waals surface area (Å²) in [6.07, 6.45) is 2.74. The van der Waals surface area contributed by atoms with Crippen LogP contribution in [-0.4, -0.2) is 24.8 Å². The van der Waals surface area contributed by atoms with Gasteiger partial charge in [-0.3, -0.25) is 4.68 Å². The highest BCUT2D eigenvalue weighted by Crippen LogP contribution is 2.22. The summed E-state index contributed by atoms with van der Waals surface area (Å²) < 4.78 is 3.71. The Morgan fingerprint density at radius 3 is 2.72 bits per heavy atom. The van der Waals surface area contributed by atoms with Gasteiger partial charge in [0, 0.05) is 18.1 Å². The second kappa shape index (κ2) is 5.84. The lowest BCUT2D eigenvalue weighted by Crippen LogP contribution is -2.08. The van der Waals surface area contributed by atoms with E-state index >= 15 is 0 Å². The Hall–Kier alpha value is -0.880. The molecule has 2 rings (SSSR count). The first-order valence-corrected chi connectivity index (χ1v) is 7.38. The number of aromatic nitrogens is 5. The highest BCUT2D eigenvalue weighted by atomic mass is 79.9. The first-order valence-electron chi connectivity index (χ1n) is 5.88. The molecule has 2 aromatic heterocycles.